The molecule has 0 bridgehead atoms. The minimum atomic E-state index is -0.329. The summed E-state index contributed by atoms with van der Waals surface area (Å²) in [6.07, 6.45) is 1.46. The Bertz CT molecular complexity index is 186. The fourth-order valence-electron chi connectivity index (χ4n) is 0.270. The van der Waals surface area contributed by atoms with Gasteiger partial charge >= 0.3 is 5.97 Å². The third kappa shape index (κ3) is 7.06. The average molecular weight is 159 g/mol. The standard InChI is InChI=1S/C7H7ClO2/c1-7(9)10-6-4-2-3-5-8/h3,5H,6H2,1H3/b5-3+. The zero-order valence-corrected chi connectivity index (χ0v) is 6.31. The van der Waals surface area contributed by atoms with Crippen LogP contribution in [-0.4, -0.2) is 12.6 Å². The largest absolute Gasteiger partial charge is 0.453 e. The first-order chi connectivity index (χ1) is 4.77. The summed E-state index contributed by atoms with van der Waals surface area (Å²) in [6.45, 7) is 1.45. The number of carbonyl (C=O) groups excluding carboxylic acids is 1. The van der Waals surface area contributed by atoms with Gasteiger partial charge in [0, 0.05) is 12.5 Å². The van der Waals surface area contributed by atoms with Gasteiger partial charge in [0.1, 0.15) is 0 Å². The van der Waals surface area contributed by atoms with Gasteiger partial charge in [-0.2, -0.15) is 0 Å². The number of allylic oxidation sites excluding steroid dienone is 1. The maximum Gasteiger partial charge on any atom is 0.303 e. The van der Waals surface area contributed by atoms with E-state index in [4.69, 9.17) is 11.6 Å². The highest BCUT2D eigenvalue weighted by Crippen LogP contribution is 1.76. The number of esters is 1. The highest BCUT2D eigenvalue weighted by Gasteiger charge is 1.84. The van der Waals surface area contributed by atoms with Crippen LogP contribution in [0.2, 0.25) is 0 Å². The molecule has 0 aromatic rings. The van der Waals surface area contributed by atoms with E-state index in [9.17, 15) is 4.79 Å². The Morgan fingerprint density at radius 1 is 1.80 bits per heavy atom. The third-order valence-corrected chi connectivity index (χ3v) is 0.722. The van der Waals surface area contributed by atoms with Crippen molar-refractivity contribution in [1.82, 2.24) is 0 Å². The molecule has 0 aliphatic carbocycles. The van der Waals surface area contributed by atoms with Gasteiger partial charge in [0.05, 0.1) is 0 Å². The van der Waals surface area contributed by atoms with Crippen LogP contribution in [0.5, 0.6) is 0 Å². The first kappa shape index (κ1) is 9.06. The maximum absolute atomic E-state index is 10.1. The van der Waals surface area contributed by atoms with Gasteiger partial charge in [0.2, 0.25) is 0 Å². The second-order valence-electron chi connectivity index (χ2n) is 1.39. The molecule has 0 fully saturated rings. The molecule has 0 aromatic heterocycles. The Morgan fingerprint density at radius 3 is 3.00 bits per heavy atom. The Kier molecular flexibility index (Phi) is 5.60. The highest BCUT2D eigenvalue weighted by atomic mass is 35.5. The molecule has 0 aliphatic heterocycles. The summed E-state index contributed by atoms with van der Waals surface area (Å²) in [4.78, 5) is 10.1. The quantitative estimate of drug-likeness (QED) is 0.425. The van der Waals surface area contributed by atoms with E-state index in [1.54, 1.807) is 0 Å². The van der Waals surface area contributed by atoms with Gasteiger partial charge in [-0.25, -0.2) is 0 Å². The van der Waals surface area contributed by atoms with E-state index in [1.807, 2.05) is 0 Å². The Balaban J connectivity index is 3.38. The summed E-state index contributed by atoms with van der Waals surface area (Å²) in [6, 6.07) is 0. The molecule has 10 heavy (non-hydrogen) atoms. The molecule has 0 radical (unpaired) electrons. The van der Waals surface area contributed by atoms with E-state index in [0.717, 1.165) is 0 Å². The van der Waals surface area contributed by atoms with Crippen LogP contribution in [0.1, 0.15) is 6.92 Å². The van der Waals surface area contributed by atoms with Gasteiger partial charge in [-0.3, -0.25) is 4.79 Å². The van der Waals surface area contributed by atoms with Crippen molar-refractivity contribution < 1.29 is 9.53 Å². The van der Waals surface area contributed by atoms with Crippen molar-refractivity contribution in [3.63, 3.8) is 0 Å². The molecule has 0 aromatic carbocycles. The molecular weight excluding hydrogens is 152 g/mol. The maximum atomic E-state index is 10.1. The minimum Gasteiger partial charge on any atom is -0.453 e. The molecule has 0 heterocycles. The van der Waals surface area contributed by atoms with E-state index < -0.39 is 0 Å². The zero-order valence-electron chi connectivity index (χ0n) is 5.56. The van der Waals surface area contributed by atoms with Gasteiger partial charge in [0.25, 0.3) is 0 Å². The molecular formula is C7H7ClO2. The highest BCUT2D eigenvalue weighted by molar-refractivity contribution is 6.25. The van der Waals surface area contributed by atoms with Crippen molar-refractivity contribution in [2.24, 2.45) is 0 Å². The molecule has 3 heteroatoms. The van der Waals surface area contributed by atoms with Gasteiger partial charge in [-0.05, 0) is 6.08 Å². The van der Waals surface area contributed by atoms with Crippen molar-refractivity contribution >= 4 is 17.6 Å². The number of carbonyl (C=O) groups is 1. The first-order valence-electron chi connectivity index (χ1n) is 2.64. The lowest BCUT2D eigenvalue weighted by Gasteiger charge is -1.89. The second-order valence-corrected chi connectivity index (χ2v) is 1.65. The molecule has 0 rings (SSSR count). The van der Waals surface area contributed by atoms with E-state index in [1.165, 1.54) is 18.5 Å². The van der Waals surface area contributed by atoms with Crippen LogP contribution in [0.3, 0.4) is 0 Å². The van der Waals surface area contributed by atoms with Crippen molar-refractivity contribution in [2.45, 2.75) is 6.92 Å². The fourth-order valence-corrected chi connectivity index (χ4v) is 0.333. The zero-order chi connectivity index (χ0) is 7.82. The number of hydrogen-bond acceptors (Lipinski definition) is 2. The van der Waals surface area contributed by atoms with Crippen LogP contribution in [-0.2, 0) is 9.53 Å². The second kappa shape index (κ2) is 6.18. The minimum absolute atomic E-state index is 0.122. The molecule has 0 unspecified atom stereocenters. The van der Waals surface area contributed by atoms with Gasteiger partial charge in [0.15, 0.2) is 6.61 Å². The normalized spacial score (nSPS) is 8.60. The number of ether oxygens (including phenoxy) is 1. The molecule has 0 atom stereocenters. The predicted molar refractivity (Wildman–Crippen MR) is 39.4 cm³/mol. The molecule has 0 aliphatic rings. The summed E-state index contributed by atoms with van der Waals surface area (Å²) in [5.74, 6) is 4.77. The van der Waals surface area contributed by atoms with E-state index in [-0.39, 0.29) is 12.6 Å². The van der Waals surface area contributed by atoms with Crippen molar-refractivity contribution in [3.05, 3.63) is 11.6 Å². The Hall–Kier alpha value is -0.940. The van der Waals surface area contributed by atoms with Crippen LogP contribution in [0.4, 0.5) is 0 Å². The van der Waals surface area contributed by atoms with Crippen LogP contribution in [0.25, 0.3) is 0 Å². The Labute approximate surface area is 64.8 Å². The lowest BCUT2D eigenvalue weighted by molar-refractivity contribution is -0.139. The van der Waals surface area contributed by atoms with Crippen LogP contribution >= 0.6 is 11.6 Å². The topological polar surface area (TPSA) is 26.3 Å². The summed E-state index contributed by atoms with van der Waals surface area (Å²) < 4.78 is 4.50. The van der Waals surface area contributed by atoms with Crippen molar-refractivity contribution in [1.29, 1.82) is 0 Å². The lowest BCUT2D eigenvalue weighted by atomic mass is 10.6. The van der Waals surface area contributed by atoms with Crippen molar-refractivity contribution in [3.8, 4) is 11.8 Å². The molecule has 0 N–H and O–H groups in total. The predicted octanol–water partition coefficient (Wildman–Crippen LogP) is 1.31. The van der Waals surface area contributed by atoms with Crippen LogP contribution < -0.4 is 0 Å². The molecule has 0 saturated carbocycles. The first-order valence-corrected chi connectivity index (χ1v) is 3.08. The smallest absolute Gasteiger partial charge is 0.303 e. The molecule has 2 nitrogen and oxygen atoms in total. The fraction of sp³-hybridized carbons (Fsp3) is 0.286. The monoisotopic (exact) mass is 158 g/mol. The number of halogens is 1. The third-order valence-electron chi connectivity index (χ3n) is 0.596. The average Bonchev–Trinajstić information content (AvgIpc) is 1.87. The number of hydrogen-bond donors (Lipinski definition) is 0. The summed E-state index contributed by atoms with van der Waals surface area (Å²) >= 11 is 5.15. The molecule has 54 valence electrons. The number of rotatable bonds is 1. The van der Waals surface area contributed by atoms with Gasteiger partial charge in [-0.1, -0.05) is 23.4 Å². The SMILES string of the molecule is CC(=O)OCC#C/C=C/Cl. The van der Waals surface area contributed by atoms with E-state index >= 15 is 0 Å². The van der Waals surface area contributed by atoms with Crippen molar-refractivity contribution in [2.75, 3.05) is 6.61 Å². The summed E-state index contributed by atoms with van der Waals surface area (Å²) in [7, 11) is 0. The van der Waals surface area contributed by atoms with E-state index in [0.29, 0.717) is 0 Å². The summed E-state index contributed by atoms with van der Waals surface area (Å²) in [5, 5.41) is 0. The van der Waals surface area contributed by atoms with Crippen LogP contribution in [0.15, 0.2) is 11.6 Å². The lowest BCUT2D eigenvalue weighted by Crippen LogP contribution is -1.97. The molecule has 0 spiro atoms. The Morgan fingerprint density at radius 2 is 2.50 bits per heavy atom. The van der Waals surface area contributed by atoms with Crippen LogP contribution in [0, 0.1) is 11.8 Å². The van der Waals surface area contributed by atoms with Gasteiger partial charge < -0.3 is 4.74 Å². The molecule has 0 saturated heterocycles. The summed E-state index contributed by atoms with van der Waals surface area (Å²) in [5.41, 5.74) is 1.29. The van der Waals surface area contributed by atoms with Gasteiger partial charge in [-0.15, -0.1) is 0 Å². The van der Waals surface area contributed by atoms with E-state index in [2.05, 4.69) is 16.6 Å². The molecule has 0 amide bonds.